The van der Waals surface area contributed by atoms with E-state index >= 15 is 0 Å². The van der Waals surface area contributed by atoms with Gasteiger partial charge in [0.25, 0.3) is 0 Å². The topological polar surface area (TPSA) is 22.1 Å². The van der Waals surface area contributed by atoms with Gasteiger partial charge in [0, 0.05) is 11.6 Å². The van der Waals surface area contributed by atoms with Crippen LogP contribution in [0.1, 0.15) is 0 Å². The molecule has 0 aliphatic heterocycles. The molecule has 0 saturated carbocycles. The number of benzene rings is 1. The first-order valence-corrected chi connectivity index (χ1v) is 6.01. The minimum Gasteiger partial charge on any atom is -0.495 e. The Hall–Kier alpha value is -1.03. The summed E-state index contributed by atoms with van der Waals surface area (Å²) in [5.74, 6) is -0.220. The van der Waals surface area contributed by atoms with E-state index in [0.29, 0.717) is 16.3 Å². The summed E-state index contributed by atoms with van der Waals surface area (Å²) >= 11 is 17.7. The lowest BCUT2D eigenvalue weighted by atomic mass is 10.1. The molecule has 0 saturated heterocycles. The molecule has 0 atom stereocenters. The second-order valence-corrected chi connectivity index (χ2v) is 4.59. The molecule has 0 amide bonds. The third-order valence-corrected chi connectivity index (χ3v) is 3.64. The third-order valence-electron chi connectivity index (χ3n) is 2.34. The van der Waals surface area contributed by atoms with Crippen molar-refractivity contribution in [1.29, 1.82) is 0 Å². The average Bonchev–Trinajstić information content (AvgIpc) is 2.37. The normalized spacial score (nSPS) is 10.5. The zero-order valence-corrected chi connectivity index (χ0v) is 11.4. The molecule has 1 aromatic heterocycles. The van der Waals surface area contributed by atoms with Crippen LogP contribution in [0.3, 0.4) is 0 Å². The summed E-state index contributed by atoms with van der Waals surface area (Å²) in [6.45, 7) is 0. The Balaban J connectivity index is 2.59. The van der Waals surface area contributed by atoms with E-state index in [4.69, 9.17) is 39.5 Å². The fourth-order valence-electron chi connectivity index (χ4n) is 1.44. The van der Waals surface area contributed by atoms with Crippen molar-refractivity contribution < 1.29 is 9.13 Å². The van der Waals surface area contributed by atoms with Crippen LogP contribution in [-0.4, -0.2) is 12.1 Å². The highest BCUT2D eigenvalue weighted by molar-refractivity contribution is 6.49. The van der Waals surface area contributed by atoms with Crippen molar-refractivity contribution in [3.8, 4) is 17.0 Å². The molecule has 2 rings (SSSR count). The summed E-state index contributed by atoms with van der Waals surface area (Å²) in [7, 11) is 1.43. The summed E-state index contributed by atoms with van der Waals surface area (Å²) in [5, 5.41) is 0.646. The maximum absolute atomic E-state index is 13.9. The number of hydrogen-bond donors (Lipinski definition) is 0. The first-order valence-electron chi connectivity index (χ1n) is 4.88. The van der Waals surface area contributed by atoms with Gasteiger partial charge in [-0.25, -0.2) is 9.37 Å². The van der Waals surface area contributed by atoms with Crippen LogP contribution >= 0.6 is 34.8 Å². The molecule has 6 heteroatoms. The van der Waals surface area contributed by atoms with Crippen LogP contribution in [-0.2, 0) is 0 Å². The van der Waals surface area contributed by atoms with Crippen LogP contribution in [0.15, 0.2) is 24.4 Å². The van der Waals surface area contributed by atoms with Crippen LogP contribution < -0.4 is 4.74 Å². The maximum Gasteiger partial charge on any atom is 0.153 e. The lowest BCUT2D eigenvalue weighted by Crippen LogP contribution is -1.93. The molecule has 94 valence electrons. The lowest BCUT2D eigenvalue weighted by Gasteiger charge is -2.08. The minimum absolute atomic E-state index is 0.0966. The zero-order chi connectivity index (χ0) is 13.3. The summed E-state index contributed by atoms with van der Waals surface area (Å²) in [6.07, 6.45) is 1.40. The zero-order valence-electron chi connectivity index (χ0n) is 9.18. The summed E-state index contributed by atoms with van der Waals surface area (Å²) < 4.78 is 18.7. The van der Waals surface area contributed by atoms with Gasteiger partial charge in [0.1, 0.15) is 11.4 Å². The highest BCUT2D eigenvalue weighted by Crippen LogP contribution is 2.38. The van der Waals surface area contributed by atoms with Gasteiger partial charge in [-0.15, -0.1) is 0 Å². The van der Waals surface area contributed by atoms with Crippen molar-refractivity contribution >= 4 is 34.8 Å². The monoisotopic (exact) mass is 305 g/mol. The molecule has 2 aromatic rings. The average molecular weight is 307 g/mol. The smallest absolute Gasteiger partial charge is 0.153 e. The van der Waals surface area contributed by atoms with Gasteiger partial charge < -0.3 is 4.74 Å². The molecular formula is C12H7Cl3FNO. The van der Waals surface area contributed by atoms with Gasteiger partial charge in [0.2, 0.25) is 0 Å². The van der Waals surface area contributed by atoms with E-state index in [9.17, 15) is 4.39 Å². The predicted molar refractivity (Wildman–Crippen MR) is 71.2 cm³/mol. The van der Waals surface area contributed by atoms with Gasteiger partial charge in [-0.1, -0.05) is 34.8 Å². The van der Waals surface area contributed by atoms with Gasteiger partial charge >= 0.3 is 0 Å². The van der Waals surface area contributed by atoms with Crippen LogP contribution in [0.25, 0.3) is 11.3 Å². The van der Waals surface area contributed by atoms with Gasteiger partial charge in [-0.3, -0.25) is 0 Å². The Bertz CT molecular complexity index is 604. The molecule has 0 aliphatic carbocycles. The predicted octanol–water partition coefficient (Wildman–Crippen LogP) is 4.86. The molecule has 0 N–H and O–H groups in total. The standard InChI is InChI=1S/C12H7Cl3FNO/c1-18-6-4-9(16)12(17-5-6)7-2-3-8(13)11(15)10(7)14/h2-5H,1H3. The van der Waals surface area contributed by atoms with Crippen LogP contribution in [0.5, 0.6) is 5.75 Å². The van der Waals surface area contributed by atoms with Crippen molar-refractivity contribution in [1.82, 2.24) is 4.98 Å². The van der Waals surface area contributed by atoms with E-state index in [1.165, 1.54) is 25.4 Å². The number of halogens is 4. The van der Waals surface area contributed by atoms with Crippen molar-refractivity contribution in [3.05, 3.63) is 45.3 Å². The number of nitrogens with zero attached hydrogens (tertiary/aromatic N) is 1. The van der Waals surface area contributed by atoms with E-state index in [1.807, 2.05) is 0 Å². The number of rotatable bonds is 2. The Labute approximate surface area is 118 Å². The fourth-order valence-corrected chi connectivity index (χ4v) is 2.06. The number of pyridine rings is 1. The number of hydrogen-bond acceptors (Lipinski definition) is 2. The number of ether oxygens (including phenoxy) is 1. The first-order chi connectivity index (χ1) is 8.54. The van der Waals surface area contributed by atoms with Crippen LogP contribution in [0, 0.1) is 5.82 Å². The van der Waals surface area contributed by atoms with E-state index in [-0.39, 0.29) is 15.7 Å². The highest BCUT2D eigenvalue weighted by atomic mass is 35.5. The molecule has 2 nitrogen and oxygen atoms in total. The second kappa shape index (κ2) is 5.31. The van der Waals surface area contributed by atoms with Crippen molar-refractivity contribution in [3.63, 3.8) is 0 Å². The largest absolute Gasteiger partial charge is 0.495 e. The summed E-state index contributed by atoms with van der Waals surface area (Å²) in [4.78, 5) is 3.96. The first kappa shape index (κ1) is 13.4. The van der Waals surface area contributed by atoms with Crippen molar-refractivity contribution in [2.45, 2.75) is 0 Å². The van der Waals surface area contributed by atoms with Gasteiger partial charge in [0.05, 0.1) is 28.4 Å². The van der Waals surface area contributed by atoms with E-state index in [2.05, 4.69) is 4.98 Å². The Morgan fingerprint density at radius 3 is 2.50 bits per heavy atom. The van der Waals surface area contributed by atoms with Crippen LogP contribution in [0.2, 0.25) is 15.1 Å². The fraction of sp³-hybridized carbons (Fsp3) is 0.0833. The number of methoxy groups -OCH3 is 1. The summed E-state index contributed by atoms with van der Waals surface area (Å²) in [6, 6.07) is 4.33. The van der Waals surface area contributed by atoms with Gasteiger partial charge in [-0.05, 0) is 12.1 Å². The molecular weight excluding hydrogens is 299 g/mol. The molecule has 1 heterocycles. The molecule has 0 fully saturated rings. The molecule has 0 bridgehead atoms. The highest BCUT2D eigenvalue weighted by Gasteiger charge is 2.15. The van der Waals surface area contributed by atoms with Gasteiger partial charge in [0.15, 0.2) is 5.82 Å². The number of aromatic nitrogens is 1. The minimum atomic E-state index is -0.547. The maximum atomic E-state index is 13.9. The van der Waals surface area contributed by atoms with E-state index in [0.717, 1.165) is 0 Å². The molecule has 18 heavy (non-hydrogen) atoms. The van der Waals surface area contributed by atoms with Crippen molar-refractivity contribution in [2.75, 3.05) is 7.11 Å². The molecule has 0 aliphatic rings. The Kier molecular flexibility index (Phi) is 3.95. The van der Waals surface area contributed by atoms with E-state index < -0.39 is 5.82 Å². The lowest BCUT2D eigenvalue weighted by molar-refractivity contribution is 0.409. The van der Waals surface area contributed by atoms with E-state index in [1.54, 1.807) is 6.07 Å². The van der Waals surface area contributed by atoms with Crippen molar-refractivity contribution in [2.24, 2.45) is 0 Å². The quantitative estimate of drug-likeness (QED) is 0.739. The SMILES string of the molecule is COc1cnc(-c2ccc(Cl)c(Cl)c2Cl)c(F)c1. The molecule has 0 radical (unpaired) electrons. The molecule has 1 aromatic carbocycles. The van der Waals surface area contributed by atoms with Gasteiger partial charge in [-0.2, -0.15) is 0 Å². The second-order valence-electron chi connectivity index (χ2n) is 3.43. The molecule has 0 unspecified atom stereocenters. The Morgan fingerprint density at radius 2 is 1.89 bits per heavy atom. The van der Waals surface area contributed by atoms with Crippen LogP contribution in [0.4, 0.5) is 4.39 Å². The Morgan fingerprint density at radius 1 is 1.17 bits per heavy atom. The summed E-state index contributed by atoms with van der Waals surface area (Å²) in [5.41, 5.74) is 0.477. The molecule has 0 spiro atoms. The third kappa shape index (κ3) is 2.39.